The van der Waals surface area contributed by atoms with Crippen molar-refractivity contribution in [2.75, 3.05) is 26.4 Å². The molecule has 0 aliphatic carbocycles. The lowest BCUT2D eigenvalue weighted by Crippen LogP contribution is -2.25. The van der Waals surface area contributed by atoms with Gasteiger partial charge in [0.2, 0.25) is 0 Å². The molecule has 4 rings (SSSR count). The molecule has 0 saturated carbocycles. The number of ether oxygens (including phenoxy) is 6. The zero-order valence-electron chi connectivity index (χ0n) is 23.8. The van der Waals surface area contributed by atoms with E-state index < -0.39 is 29.6 Å². The average molecular weight is 559 g/mol. The molecule has 0 spiro atoms. The van der Waals surface area contributed by atoms with Crippen LogP contribution in [0.5, 0.6) is 0 Å². The van der Waals surface area contributed by atoms with E-state index in [4.69, 9.17) is 28.4 Å². The van der Waals surface area contributed by atoms with Gasteiger partial charge in [-0.25, -0.2) is 9.59 Å². The summed E-state index contributed by atoms with van der Waals surface area (Å²) in [6.45, 7) is 11.6. The minimum Gasteiger partial charge on any atom is -0.459 e. The fourth-order valence-electron chi connectivity index (χ4n) is 3.93. The maximum atomic E-state index is 11.9. The van der Waals surface area contributed by atoms with Crippen molar-refractivity contribution in [3.63, 3.8) is 0 Å². The number of hydrogen-bond acceptors (Lipinski definition) is 10. The molecule has 1 N–H and O–H groups in total. The number of aliphatic hydroxyl groups excluding tert-OH is 1. The van der Waals surface area contributed by atoms with Gasteiger partial charge < -0.3 is 33.5 Å². The first-order chi connectivity index (χ1) is 18.7. The van der Waals surface area contributed by atoms with Gasteiger partial charge in [0.1, 0.15) is 25.4 Å². The monoisotopic (exact) mass is 558 g/mol. The van der Waals surface area contributed by atoms with Crippen LogP contribution >= 0.6 is 0 Å². The first-order valence-electron chi connectivity index (χ1n) is 13.1. The summed E-state index contributed by atoms with van der Waals surface area (Å²) < 4.78 is 32.2. The standard InChI is InChI=1S/C15H20O5.C15H18O5/c2*1-10(16)11-4-6-12(7-5-11)14(17)18-8-13-9-19-15(2,3)20-13/h4-7,10,13,16H,8-9H2,1-3H3;4-7,13H,8-9H2,1-3H3/t10-,13+;13-/m10/s1. The third kappa shape index (κ3) is 9.50. The number of carbonyl (C=O) groups is 3. The Kier molecular flexibility index (Phi) is 10.6. The van der Waals surface area contributed by atoms with Gasteiger partial charge in [0, 0.05) is 5.56 Å². The number of hydrogen-bond donors (Lipinski definition) is 1. The smallest absolute Gasteiger partial charge is 0.338 e. The van der Waals surface area contributed by atoms with Crippen molar-refractivity contribution in [3.8, 4) is 0 Å². The second kappa shape index (κ2) is 13.5. The number of ketones is 1. The number of benzene rings is 2. The summed E-state index contributed by atoms with van der Waals surface area (Å²) in [4.78, 5) is 34.8. The second-order valence-electron chi connectivity index (χ2n) is 10.5. The number of aliphatic hydroxyl groups is 1. The molecule has 40 heavy (non-hydrogen) atoms. The van der Waals surface area contributed by atoms with Gasteiger partial charge in [-0.05, 0) is 71.4 Å². The van der Waals surface area contributed by atoms with Crippen LogP contribution in [0.2, 0.25) is 0 Å². The molecule has 0 unspecified atom stereocenters. The lowest BCUT2D eigenvalue weighted by atomic mass is 10.1. The van der Waals surface area contributed by atoms with E-state index in [0.717, 1.165) is 5.56 Å². The molecule has 0 aromatic heterocycles. The average Bonchev–Trinajstić information content (AvgIpc) is 3.45. The lowest BCUT2D eigenvalue weighted by Gasteiger charge is -2.17. The molecule has 218 valence electrons. The second-order valence-corrected chi connectivity index (χ2v) is 10.5. The normalized spacial score (nSPS) is 21.6. The molecule has 2 aromatic carbocycles. The summed E-state index contributed by atoms with van der Waals surface area (Å²) in [5, 5.41) is 9.40. The molecule has 0 amide bonds. The highest BCUT2D eigenvalue weighted by molar-refractivity contribution is 5.96. The van der Waals surface area contributed by atoms with Crippen molar-refractivity contribution in [2.45, 2.75) is 71.4 Å². The molecule has 10 heteroatoms. The summed E-state index contributed by atoms with van der Waals surface area (Å²) in [5.74, 6) is -2.12. The molecule has 2 aliphatic heterocycles. The summed E-state index contributed by atoms with van der Waals surface area (Å²) in [7, 11) is 0. The van der Waals surface area contributed by atoms with Gasteiger partial charge in [-0.3, -0.25) is 4.79 Å². The van der Waals surface area contributed by atoms with Crippen molar-refractivity contribution in [1.29, 1.82) is 0 Å². The quantitative estimate of drug-likeness (QED) is 0.371. The summed E-state index contributed by atoms with van der Waals surface area (Å²) in [6.07, 6.45) is -1.03. The first kappa shape index (κ1) is 31.4. The van der Waals surface area contributed by atoms with Crippen LogP contribution in [0.3, 0.4) is 0 Å². The molecule has 2 aliphatic rings. The Hall–Kier alpha value is -3.15. The van der Waals surface area contributed by atoms with Crippen LogP contribution in [0.4, 0.5) is 0 Å². The van der Waals surface area contributed by atoms with Crippen LogP contribution in [0.15, 0.2) is 48.5 Å². The Labute approximate surface area is 234 Å². The van der Waals surface area contributed by atoms with Crippen molar-refractivity contribution in [1.82, 2.24) is 0 Å². The Morgan fingerprint density at radius 3 is 1.48 bits per heavy atom. The van der Waals surface area contributed by atoms with Crippen molar-refractivity contribution in [2.24, 2.45) is 0 Å². The van der Waals surface area contributed by atoms with Crippen LogP contribution in [-0.4, -0.2) is 73.0 Å². The maximum Gasteiger partial charge on any atom is 0.338 e. The Morgan fingerprint density at radius 1 is 0.775 bits per heavy atom. The topological polar surface area (TPSA) is 127 Å². The van der Waals surface area contributed by atoms with Gasteiger partial charge in [-0.2, -0.15) is 0 Å². The Balaban J connectivity index is 0.000000220. The first-order valence-corrected chi connectivity index (χ1v) is 13.1. The molecular weight excluding hydrogens is 520 g/mol. The molecule has 2 aromatic rings. The number of rotatable bonds is 8. The van der Waals surface area contributed by atoms with E-state index in [9.17, 15) is 19.5 Å². The van der Waals surface area contributed by atoms with E-state index in [0.29, 0.717) is 29.9 Å². The molecule has 2 saturated heterocycles. The molecule has 0 radical (unpaired) electrons. The van der Waals surface area contributed by atoms with Crippen molar-refractivity contribution in [3.05, 3.63) is 70.8 Å². The molecule has 10 nitrogen and oxygen atoms in total. The van der Waals surface area contributed by atoms with E-state index in [1.54, 1.807) is 55.5 Å². The van der Waals surface area contributed by atoms with Crippen molar-refractivity contribution >= 4 is 17.7 Å². The summed E-state index contributed by atoms with van der Waals surface area (Å²) in [6, 6.07) is 13.1. The van der Waals surface area contributed by atoms with Gasteiger partial charge in [0.25, 0.3) is 0 Å². The number of carbonyl (C=O) groups excluding carboxylic acids is 3. The lowest BCUT2D eigenvalue weighted by molar-refractivity contribution is -0.143. The van der Waals surface area contributed by atoms with E-state index in [-0.39, 0.29) is 31.2 Å². The van der Waals surface area contributed by atoms with Crippen molar-refractivity contribution < 1.29 is 47.9 Å². The van der Waals surface area contributed by atoms with Crippen LogP contribution in [0.1, 0.15) is 84.3 Å². The zero-order chi connectivity index (χ0) is 29.5. The van der Waals surface area contributed by atoms with Gasteiger partial charge >= 0.3 is 11.9 Å². The predicted octanol–water partition coefficient (Wildman–Crippen LogP) is 4.25. The number of Topliss-reactive ketones (excluding diaryl/α,β-unsaturated/α-hetero) is 1. The third-order valence-corrected chi connectivity index (χ3v) is 6.09. The van der Waals surface area contributed by atoms with E-state index in [1.165, 1.54) is 6.92 Å². The van der Waals surface area contributed by atoms with Gasteiger partial charge in [0.05, 0.1) is 30.4 Å². The van der Waals surface area contributed by atoms with Crippen LogP contribution in [0.25, 0.3) is 0 Å². The minimum atomic E-state index is -0.625. The van der Waals surface area contributed by atoms with Crippen LogP contribution in [0, 0.1) is 0 Å². The SMILES string of the molecule is CC(=O)c1ccc(C(=O)OC[C@H]2COC(C)(C)O2)cc1.C[C@@H](O)c1ccc(C(=O)OC[C@H]2COC(C)(C)O2)cc1. The highest BCUT2D eigenvalue weighted by Gasteiger charge is 2.34. The third-order valence-electron chi connectivity index (χ3n) is 6.09. The largest absolute Gasteiger partial charge is 0.459 e. The molecular formula is C30H38O10. The van der Waals surface area contributed by atoms with Gasteiger partial charge in [-0.15, -0.1) is 0 Å². The highest BCUT2D eigenvalue weighted by Crippen LogP contribution is 2.23. The van der Waals surface area contributed by atoms with E-state index >= 15 is 0 Å². The summed E-state index contributed by atoms with van der Waals surface area (Å²) >= 11 is 0. The van der Waals surface area contributed by atoms with Gasteiger partial charge in [0.15, 0.2) is 17.4 Å². The van der Waals surface area contributed by atoms with E-state index in [2.05, 4.69) is 0 Å². The fourth-order valence-corrected chi connectivity index (χ4v) is 3.93. The summed E-state index contributed by atoms with van der Waals surface area (Å²) in [5.41, 5.74) is 2.19. The minimum absolute atomic E-state index is 0.0383. The van der Waals surface area contributed by atoms with E-state index in [1.807, 2.05) is 27.7 Å². The maximum absolute atomic E-state index is 11.9. The molecule has 2 heterocycles. The Bertz CT molecular complexity index is 1150. The predicted molar refractivity (Wildman–Crippen MR) is 144 cm³/mol. The zero-order valence-corrected chi connectivity index (χ0v) is 23.8. The molecule has 3 atom stereocenters. The number of esters is 2. The molecule has 2 fully saturated rings. The fraction of sp³-hybridized carbons (Fsp3) is 0.500. The highest BCUT2D eigenvalue weighted by atomic mass is 16.8. The molecule has 0 bridgehead atoms. The van der Waals surface area contributed by atoms with Gasteiger partial charge in [-0.1, -0.05) is 24.3 Å². The van der Waals surface area contributed by atoms with Crippen LogP contribution in [-0.2, 0) is 28.4 Å². The van der Waals surface area contributed by atoms with Crippen LogP contribution < -0.4 is 0 Å². The Morgan fingerprint density at radius 2 is 1.15 bits per heavy atom.